The Morgan fingerprint density at radius 1 is 1.10 bits per heavy atom. The molecule has 0 saturated carbocycles. The number of benzene rings is 2. The van der Waals surface area contributed by atoms with Gasteiger partial charge < -0.3 is 10.4 Å². The summed E-state index contributed by atoms with van der Waals surface area (Å²) in [6, 6.07) is 15.0. The Balaban J connectivity index is 1.66. The average Bonchev–Trinajstić information content (AvgIpc) is 3.03. The Bertz CT molecular complexity index is 866. The summed E-state index contributed by atoms with van der Waals surface area (Å²) in [6.07, 6.45) is 0.428. The summed E-state index contributed by atoms with van der Waals surface area (Å²) >= 11 is 0. The molecule has 2 amide bonds. The van der Waals surface area contributed by atoms with Crippen LogP contribution in [0.4, 0.5) is 0 Å². The monoisotopic (exact) mass is 396 g/mol. The van der Waals surface area contributed by atoms with Gasteiger partial charge in [-0.15, -0.1) is 0 Å². The van der Waals surface area contributed by atoms with E-state index in [-0.39, 0.29) is 25.0 Å². The number of hydrogen-bond donors (Lipinski definition) is 2. The van der Waals surface area contributed by atoms with E-state index in [9.17, 15) is 19.5 Å². The molecule has 0 fully saturated rings. The lowest BCUT2D eigenvalue weighted by molar-refractivity contribution is -0.176. The normalized spacial score (nSPS) is 13.5. The predicted molar refractivity (Wildman–Crippen MR) is 107 cm³/mol. The minimum atomic E-state index is -1.12. The molecule has 7 heteroatoms. The van der Waals surface area contributed by atoms with E-state index in [1.807, 2.05) is 36.4 Å². The zero-order valence-electron chi connectivity index (χ0n) is 16.4. The molecule has 152 valence electrons. The van der Waals surface area contributed by atoms with Crippen molar-refractivity contribution in [1.82, 2.24) is 10.4 Å². The Hall–Kier alpha value is -3.19. The summed E-state index contributed by atoms with van der Waals surface area (Å²) in [4.78, 5) is 40.4. The van der Waals surface area contributed by atoms with E-state index in [0.29, 0.717) is 6.41 Å². The van der Waals surface area contributed by atoms with Crippen molar-refractivity contribution < 1.29 is 24.3 Å². The minimum Gasteiger partial charge on any atom is -0.480 e. The van der Waals surface area contributed by atoms with Crippen molar-refractivity contribution in [3.63, 3.8) is 0 Å². The quantitative estimate of drug-likeness (QED) is 0.501. The van der Waals surface area contributed by atoms with E-state index in [4.69, 9.17) is 4.84 Å². The van der Waals surface area contributed by atoms with Crippen molar-refractivity contribution in [3.05, 3.63) is 59.7 Å². The van der Waals surface area contributed by atoms with Gasteiger partial charge in [0.1, 0.15) is 12.6 Å². The zero-order valence-corrected chi connectivity index (χ0v) is 16.4. The SMILES string of the molecule is CC(C)C(NC(=O)CN(C=O)OCC1c2ccccc2-c2ccccc21)C(=O)O. The van der Waals surface area contributed by atoms with Crippen LogP contribution in [-0.4, -0.2) is 47.6 Å². The summed E-state index contributed by atoms with van der Waals surface area (Å²) in [5, 5.41) is 12.5. The number of nitrogens with one attached hydrogen (secondary N) is 1. The molecule has 0 radical (unpaired) electrons. The highest BCUT2D eigenvalue weighted by Gasteiger charge is 2.29. The lowest BCUT2D eigenvalue weighted by Gasteiger charge is -2.22. The van der Waals surface area contributed by atoms with Gasteiger partial charge in [-0.05, 0) is 28.2 Å². The van der Waals surface area contributed by atoms with E-state index in [0.717, 1.165) is 27.3 Å². The highest BCUT2D eigenvalue weighted by Crippen LogP contribution is 2.44. The lowest BCUT2D eigenvalue weighted by atomic mass is 9.98. The minimum absolute atomic E-state index is 0.0599. The van der Waals surface area contributed by atoms with Crippen LogP contribution in [0.2, 0.25) is 0 Å². The Kier molecular flexibility index (Phi) is 6.29. The van der Waals surface area contributed by atoms with Gasteiger partial charge in [-0.3, -0.25) is 14.4 Å². The molecule has 2 N–H and O–H groups in total. The Morgan fingerprint density at radius 2 is 1.66 bits per heavy atom. The average molecular weight is 396 g/mol. The smallest absolute Gasteiger partial charge is 0.326 e. The fourth-order valence-corrected chi connectivity index (χ4v) is 3.60. The number of nitrogens with zero attached hydrogens (tertiary/aromatic N) is 1. The number of fused-ring (bicyclic) bond motifs is 3. The van der Waals surface area contributed by atoms with Gasteiger partial charge in [0.25, 0.3) is 0 Å². The van der Waals surface area contributed by atoms with E-state index >= 15 is 0 Å². The number of hydrogen-bond acceptors (Lipinski definition) is 4. The molecule has 29 heavy (non-hydrogen) atoms. The van der Waals surface area contributed by atoms with E-state index in [1.54, 1.807) is 13.8 Å². The van der Waals surface area contributed by atoms with Gasteiger partial charge in [0, 0.05) is 5.92 Å². The second kappa shape index (κ2) is 8.87. The second-order valence-electron chi connectivity index (χ2n) is 7.33. The van der Waals surface area contributed by atoms with Crippen molar-refractivity contribution in [2.45, 2.75) is 25.8 Å². The lowest BCUT2D eigenvalue weighted by Crippen LogP contribution is -2.48. The summed E-state index contributed by atoms with van der Waals surface area (Å²) in [7, 11) is 0. The molecule has 7 nitrogen and oxygen atoms in total. The third kappa shape index (κ3) is 4.46. The first kappa shape index (κ1) is 20.5. The molecule has 2 aromatic rings. The van der Waals surface area contributed by atoms with Crippen LogP contribution in [0.15, 0.2) is 48.5 Å². The summed E-state index contributed by atoms with van der Waals surface area (Å²) in [5.41, 5.74) is 4.48. The zero-order chi connectivity index (χ0) is 21.0. The van der Waals surface area contributed by atoms with E-state index in [2.05, 4.69) is 17.4 Å². The van der Waals surface area contributed by atoms with Gasteiger partial charge in [-0.25, -0.2) is 9.86 Å². The third-order valence-electron chi connectivity index (χ3n) is 5.04. The van der Waals surface area contributed by atoms with Gasteiger partial charge in [0.05, 0.1) is 6.61 Å². The van der Waals surface area contributed by atoms with Gasteiger partial charge in [-0.1, -0.05) is 62.4 Å². The molecule has 1 unspecified atom stereocenters. The van der Waals surface area contributed by atoms with Crippen molar-refractivity contribution in [3.8, 4) is 11.1 Å². The van der Waals surface area contributed by atoms with Crippen molar-refractivity contribution >= 4 is 18.3 Å². The number of rotatable bonds is 9. The van der Waals surface area contributed by atoms with Crippen LogP contribution in [0.1, 0.15) is 30.9 Å². The van der Waals surface area contributed by atoms with Gasteiger partial charge in [0.2, 0.25) is 12.3 Å². The van der Waals surface area contributed by atoms with E-state index < -0.39 is 17.9 Å². The van der Waals surface area contributed by atoms with Crippen molar-refractivity contribution in [1.29, 1.82) is 0 Å². The maximum Gasteiger partial charge on any atom is 0.326 e. The molecule has 0 spiro atoms. The summed E-state index contributed by atoms with van der Waals surface area (Å²) in [6.45, 7) is 3.20. The molecule has 3 rings (SSSR count). The number of amides is 2. The van der Waals surface area contributed by atoms with Crippen molar-refractivity contribution in [2.24, 2.45) is 5.92 Å². The first-order valence-electron chi connectivity index (χ1n) is 9.47. The van der Waals surface area contributed by atoms with Crippen LogP contribution < -0.4 is 5.32 Å². The highest BCUT2D eigenvalue weighted by molar-refractivity contribution is 5.85. The molecule has 0 aliphatic heterocycles. The molecule has 1 aliphatic rings. The summed E-state index contributed by atoms with van der Waals surface area (Å²) in [5.74, 6) is -2.06. The molecule has 0 heterocycles. The Morgan fingerprint density at radius 3 is 2.14 bits per heavy atom. The van der Waals surface area contributed by atoms with Crippen LogP contribution in [0.5, 0.6) is 0 Å². The molecule has 1 aliphatic carbocycles. The maximum atomic E-state index is 12.2. The van der Waals surface area contributed by atoms with Gasteiger partial charge in [0.15, 0.2) is 0 Å². The number of carbonyl (C=O) groups excluding carboxylic acids is 2. The topological polar surface area (TPSA) is 95.9 Å². The molecular formula is C22H24N2O5. The maximum absolute atomic E-state index is 12.2. The third-order valence-corrected chi connectivity index (χ3v) is 5.04. The fourth-order valence-electron chi connectivity index (χ4n) is 3.60. The van der Waals surface area contributed by atoms with Gasteiger partial charge >= 0.3 is 5.97 Å². The van der Waals surface area contributed by atoms with Crippen LogP contribution in [-0.2, 0) is 19.2 Å². The van der Waals surface area contributed by atoms with Crippen LogP contribution in [0.25, 0.3) is 11.1 Å². The molecule has 1 atom stereocenters. The molecule has 0 aromatic heterocycles. The summed E-state index contributed by atoms with van der Waals surface area (Å²) < 4.78 is 0. The molecule has 0 bridgehead atoms. The van der Waals surface area contributed by atoms with E-state index in [1.165, 1.54) is 0 Å². The standard InChI is InChI=1S/C22H24N2O5/c1-14(2)21(22(27)28)23-20(26)11-24(13-25)29-12-19-17-9-5-3-7-15(17)16-8-4-6-10-18(16)19/h3-10,13-14,19,21H,11-12H2,1-2H3,(H,23,26)(H,27,28). The van der Waals surface area contributed by atoms with Crippen LogP contribution >= 0.6 is 0 Å². The van der Waals surface area contributed by atoms with Crippen LogP contribution in [0, 0.1) is 5.92 Å². The first-order valence-corrected chi connectivity index (χ1v) is 9.47. The first-order chi connectivity index (χ1) is 13.9. The second-order valence-corrected chi connectivity index (χ2v) is 7.33. The Labute approximate surface area is 169 Å². The highest BCUT2D eigenvalue weighted by atomic mass is 16.7. The number of carbonyl (C=O) groups is 3. The number of carboxylic acids is 1. The number of carboxylic acid groups (broad SMARTS) is 1. The number of hydroxylamine groups is 2. The van der Waals surface area contributed by atoms with Crippen molar-refractivity contribution in [2.75, 3.05) is 13.2 Å². The largest absolute Gasteiger partial charge is 0.480 e. The predicted octanol–water partition coefficient (Wildman–Crippen LogP) is 2.41. The van der Waals surface area contributed by atoms with Gasteiger partial charge in [-0.2, -0.15) is 0 Å². The molecule has 2 aromatic carbocycles. The fraction of sp³-hybridized carbons (Fsp3) is 0.318. The van der Waals surface area contributed by atoms with Crippen LogP contribution in [0.3, 0.4) is 0 Å². The molecular weight excluding hydrogens is 372 g/mol. The molecule has 0 saturated heterocycles. The number of aliphatic carboxylic acids is 1.